The molecule has 3 N–H and O–H groups in total. The van der Waals surface area contributed by atoms with Crippen LogP contribution in [0.15, 0.2) is 60.0 Å². The highest BCUT2D eigenvalue weighted by atomic mass is 19.1. The van der Waals surface area contributed by atoms with Gasteiger partial charge in [0.1, 0.15) is 17.8 Å². The number of hydrogen-bond donors (Lipinski definition) is 2. The molecule has 0 bridgehead atoms. The van der Waals surface area contributed by atoms with E-state index in [2.05, 4.69) is 22.4 Å². The largest absolute Gasteiger partial charge is 0.494 e. The molecule has 2 aliphatic heterocycles. The zero-order chi connectivity index (χ0) is 27.0. The Morgan fingerprint density at radius 1 is 1.24 bits per heavy atom. The van der Waals surface area contributed by atoms with Gasteiger partial charge in [0.2, 0.25) is 5.91 Å². The highest BCUT2D eigenvalue weighted by molar-refractivity contribution is 5.77. The molecule has 7 nitrogen and oxygen atoms in total. The van der Waals surface area contributed by atoms with Crippen molar-refractivity contribution in [3.05, 3.63) is 60.0 Å². The van der Waals surface area contributed by atoms with Gasteiger partial charge in [-0.3, -0.25) is 15.4 Å². The Bertz CT molecular complexity index is 869. The maximum atomic E-state index is 12.8. The van der Waals surface area contributed by atoms with Gasteiger partial charge in [-0.05, 0) is 82.8 Å². The van der Waals surface area contributed by atoms with Crippen LogP contribution in [-0.2, 0) is 14.3 Å². The van der Waals surface area contributed by atoms with Crippen LogP contribution in [0.1, 0.15) is 71.1 Å². The first-order chi connectivity index (χ1) is 18.6. The Morgan fingerprint density at radius 3 is 2.76 bits per heavy atom. The molecular formula is C30H47FN4O3. The molecule has 0 radical (unpaired) electrons. The fourth-order valence-corrected chi connectivity index (χ4v) is 5.24. The Balaban J connectivity index is 1.34. The average Bonchev–Trinajstić information content (AvgIpc) is 3.39. The van der Waals surface area contributed by atoms with Gasteiger partial charge in [0.25, 0.3) is 0 Å². The fraction of sp³-hybridized carbons (Fsp3) is 0.633. The molecule has 1 aliphatic carbocycles. The van der Waals surface area contributed by atoms with E-state index >= 15 is 0 Å². The van der Waals surface area contributed by atoms with Crippen LogP contribution in [0.3, 0.4) is 0 Å². The lowest BCUT2D eigenvalue weighted by atomic mass is 9.92. The van der Waals surface area contributed by atoms with Crippen molar-refractivity contribution in [2.75, 3.05) is 39.4 Å². The molecule has 8 heteroatoms. The maximum absolute atomic E-state index is 12.8. The van der Waals surface area contributed by atoms with Crippen molar-refractivity contribution in [1.29, 1.82) is 0 Å². The maximum Gasteiger partial charge on any atom is 0.226 e. The van der Waals surface area contributed by atoms with Crippen molar-refractivity contribution in [3.63, 3.8) is 0 Å². The highest BCUT2D eigenvalue weighted by Gasteiger charge is 2.24. The number of rotatable bonds is 14. The van der Waals surface area contributed by atoms with E-state index in [1.807, 2.05) is 17.9 Å². The fourth-order valence-electron chi connectivity index (χ4n) is 5.24. The lowest BCUT2D eigenvalue weighted by Crippen LogP contribution is -2.54. The molecule has 0 aromatic rings. The summed E-state index contributed by atoms with van der Waals surface area (Å²) in [6, 6.07) is 0. The third kappa shape index (κ3) is 10.3. The van der Waals surface area contributed by atoms with E-state index in [-0.39, 0.29) is 12.2 Å². The van der Waals surface area contributed by atoms with Gasteiger partial charge in [-0.15, -0.1) is 0 Å². The second-order valence-corrected chi connectivity index (χ2v) is 10.2. The zero-order valence-electron chi connectivity index (χ0n) is 23.1. The van der Waals surface area contributed by atoms with Gasteiger partial charge in [-0.25, -0.2) is 4.39 Å². The molecule has 1 unspecified atom stereocenters. The van der Waals surface area contributed by atoms with Crippen molar-refractivity contribution in [1.82, 2.24) is 15.1 Å². The number of allylic oxidation sites excluding steroid dienone is 6. The summed E-state index contributed by atoms with van der Waals surface area (Å²) in [4.78, 5) is 16.3. The second kappa shape index (κ2) is 17.1. The van der Waals surface area contributed by atoms with Gasteiger partial charge in [-0.1, -0.05) is 18.2 Å². The van der Waals surface area contributed by atoms with Crippen LogP contribution < -0.4 is 11.1 Å². The third-order valence-corrected chi connectivity index (χ3v) is 7.43. The van der Waals surface area contributed by atoms with Crippen molar-refractivity contribution >= 4 is 5.91 Å². The summed E-state index contributed by atoms with van der Waals surface area (Å²) in [6.45, 7) is 6.83. The Kier molecular flexibility index (Phi) is 13.5. The summed E-state index contributed by atoms with van der Waals surface area (Å²) in [6.07, 6.45) is 21.0. The van der Waals surface area contributed by atoms with E-state index in [0.717, 1.165) is 95.4 Å². The van der Waals surface area contributed by atoms with Crippen molar-refractivity contribution in [2.45, 2.75) is 77.4 Å². The number of nitrogens with one attached hydrogen (secondary N) is 1. The standard InChI is InChI=1S/C30H47FN4O3/c1-2-37-28-14-5-3-4-13-27(28)33-30(32)35-22-17-25(18-23-35)11-10-24-38-26(16-19-31)12-6-7-15-29(36)34-20-8-9-21-34/h5-7,12,14,16,19,25,30,33H,2-4,8-11,13,15,17-18,20-24,32H2,1H3/b7-6+,19-16+,26-12+. The molecule has 0 spiro atoms. The lowest BCUT2D eigenvalue weighted by molar-refractivity contribution is -0.129. The average molecular weight is 531 g/mol. The summed E-state index contributed by atoms with van der Waals surface area (Å²) in [5.74, 6) is 2.17. The predicted octanol–water partition coefficient (Wildman–Crippen LogP) is 5.25. The monoisotopic (exact) mass is 530 g/mol. The number of halogens is 1. The van der Waals surface area contributed by atoms with Gasteiger partial charge in [0.15, 0.2) is 0 Å². The second-order valence-electron chi connectivity index (χ2n) is 10.2. The highest BCUT2D eigenvalue weighted by Crippen LogP contribution is 2.24. The van der Waals surface area contributed by atoms with Gasteiger partial charge in [0, 0.05) is 38.7 Å². The van der Waals surface area contributed by atoms with Gasteiger partial charge >= 0.3 is 0 Å². The van der Waals surface area contributed by atoms with Gasteiger partial charge in [0.05, 0.1) is 25.2 Å². The summed E-state index contributed by atoms with van der Waals surface area (Å²) < 4.78 is 24.4. The third-order valence-electron chi connectivity index (χ3n) is 7.43. The zero-order valence-corrected chi connectivity index (χ0v) is 23.1. The Labute approximate surface area is 228 Å². The Morgan fingerprint density at radius 2 is 2.03 bits per heavy atom. The Hall–Kier alpha value is -2.58. The quantitative estimate of drug-likeness (QED) is 0.138. The topological polar surface area (TPSA) is 80.1 Å². The van der Waals surface area contributed by atoms with E-state index < -0.39 is 0 Å². The molecule has 2 fully saturated rings. The summed E-state index contributed by atoms with van der Waals surface area (Å²) >= 11 is 0. The first-order valence-corrected chi connectivity index (χ1v) is 14.4. The van der Waals surface area contributed by atoms with Crippen LogP contribution in [0.4, 0.5) is 4.39 Å². The minimum atomic E-state index is -0.213. The van der Waals surface area contributed by atoms with Crippen molar-refractivity contribution in [2.24, 2.45) is 11.7 Å². The lowest BCUT2D eigenvalue weighted by Gasteiger charge is -2.37. The molecule has 2 saturated heterocycles. The number of nitrogens with two attached hydrogens (primary N) is 1. The molecule has 2 heterocycles. The van der Waals surface area contributed by atoms with E-state index in [9.17, 15) is 9.18 Å². The molecular weight excluding hydrogens is 483 g/mol. The minimum absolute atomic E-state index is 0.146. The van der Waals surface area contributed by atoms with Gasteiger partial charge < -0.3 is 19.7 Å². The van der Waals surface area contributed by atoms with Crippen molar-refractivity contribution in [3.8, 4) is 0 Å². The SMILES string of the molecule is CCOC1=C(NC(N)N2CCC(CCCOC(/C=C/F)=C/C=C/CC(=O)N3CCCC3)CC2)CCCC=C1. The normalized spacial score (nSPS) is 20.9. The van der Waals surface area contributed by atoms with Crippen LogP contribution >= 0.6 is 0 Å². The van der Waals surface area contributed by atoms with Crippen LogP contribution in [-0.4, -0.2) is 61.4 Å². The smallest absolute Gasteiger partial charge is 0.226 e. The predicted molar refractivity (Wildman–Crippen MR) is 150 cm³/mol. The number of piperidine rings is 1. The number of hydrogen-bond acceptors (Lipinski definition) is 6. The molecule has 3 rings (SSSR count). The molecule has 212 valence electrons. The van der Waals surface area contributed by atoms with E-state index in [4.69, 9.17) is 15.2 Å². The first kappa shape index (κ1) is 30.0. The molecule has 38 heavy (non-hydrogen) atoms. The number of carbonyl (C=O) groups excluding carboxylic acids is 1. The van der Waals surface area contributed by atoms with E-state index in [0.29, 0.717) is 37.6 Å². The number of ether oxygens (including phenoxy) is 2. The molecule has 3 aliphatic rings. The van der Waals surface area contributed by atoms with Crippen LogP contribution in [0.2, 0.25) is 0 Å². The summed E-state index contributed by atoms with van der Waals surface area (Å²) in [7, 11) is 0. The van der Waals surface area contributed by atoms with Crippen molar-refractivity contribution < 1.29 is 18.7 Å². The van der Waals surface area contributed by atoms with Crippen LogP contribution in [0.5, 0.6) is 0 Å². The number of nitrogens with zero attached hydrogens (tertiary/aromatic N) is 2. The summed E-state index contributed by atoms with van der Waals surface area (Å²) in [5, 5.41) is 3.51. The van der Waals surface area contributed by atoms with E-state index in [1.165, 1.54) is 6.08 Å². The minimum Gasteiger partial charge on any atom is -0.494 e. The van der Waals surface area contributed by atoms with E-state index in [1.54, 1.807) is 12.2 Å². The van der Waals surface area contributed by atoms with Crippen LogP contribution in [0, 0.1) is 5.92 Å². The van der Waals surface area contributed by atoms with Gasteiger partial charge in [-0.2, -0.15) is 0 Å². The number of amides is 1. The number of likely N-dealkylation sites (tertiary alicyclic amines) is 2. The summed E-state index contributed by atoms with van der Waals surface area (Å²) in [5.41, 5.74) is 7.63. The molecule has 1 atom stereocenters. The first-order valence-electron chi connectivity index (χ1n) is 14.4. The molecule has 0 aromatic carbocycles. The number of carbonyl (C=O) groups is 1. The molecule has 0 aromatic heterocycles. The molecule has 0 saturated carbocycles. The molecule has 1 amide bonds. The van der Waals surface area contributed by atoms with Crippen LogP contribution in [0.25, 0.3) is 0 Å².